The molecule has 2 aromatic carbocycles. The lowest BCUT2D eigenvalue weighted by Gasteiger charge is -2.23. The topological polar surface area (TPSA) is 126 Å². The van der Waals surface area contributed by atoms with E-state index in [1.165, 1.54) is 0 Å². The second kappa shape index (κ2) is 17.1. The van der Waals surface area contributed by atoms with Crippen LogP contribution >= 0.6 is 0 Å². The first-order chi connectivity index (χ1) is 19.3. The van der Waals surface area contributed by atoms with Crippen molar-refractivity contribution in [2.45, 2.75) is 59.1 Å². The van der Waals surface area contributed by atoms with E-state index in [-0.39, 0.29) is 44.1 Å². The van der Waals surface area contributed by atoms with Gasteiger partial charge in [0.1, 0.15) is 16.0 Å². The van der Waals surface area contributed by atoms with E-state index >= 15 is 0 Å². The van der Waals surface area contributed by atoms with Crippen LogP contribution in [0.3, 0.4) is 0 Å². The summed E-state index contributed by atoms with van der Waals surface area (Å²) in [5.74, 6) is -0.642. The summed E-state index contributed by atoms with van der Waals surface area (Å²) in [7, 11) is -5.20. The summed E-state index contributed by atoms with van der Waals surface area (Å²) in [4.78, 5) is 12.0. The third-order valence-corrected chi connectivity index (χ3v) is 9.35. The van der Waals surface area contributed by atoms with Gasteiger partial charge in [-0.15, -0.1) is 0 Å². The number of carbonyl (C=O) groups excluding carboxylic acids is 1. The molecule has 0 aromatic heterocycles. The second-order valence-electron chi connectivity index (χ2n) is 11.7. The Labute approximate surface area is 247 Å². The average molecular weight is 608 g/mol. The van der Waals surface area contributed by atoms with Crippen LogP contribution in [0, 0.1) is 5.41 Å². The van der Waals surface area contributed by atoms with Crippen LogP contribution in [0.25, 0.3) is 0 Å². The fourth-order valence-electron chi connectivity index (χ4n) is 3.76. The average Bonchev–Trinajstić information content (AvgIpc) is 2.91. The third kappa shape index (κ3) is 15.1. The molecular formula is C30H47N2O7SSi+. The van der Waals surface area contributed by atoms with Gasteiger partial charge in [-0.25, -0.2) is 4.43 Å². The lowest BCUT2D eigenvalue weighted by Crippen LogP contribution is -2.45. The van der Waals surface area contributed by atoms with Crippen molar-refractivity contribution < 1.29 is 31.3 Å². The summed E-state index contributed by atoms with van der Waals surface area (Å²) in [6.07, 6.45) is 1.21. The first-order valence-corrected chi connectivity index (χ1v) is 17.0. The molecule has 2 rings (SSSR count). The highest BCUT2D eigenvalue weighted by Gasteiger charge is 2.36. The minimum absolute atomic E-state index is 0.0186. The monoisotopic (exact) mass is 607 g/mol. The smallest absolute Gasteiger partial charge is 0.459 e. The van der Waals surface area contributed by atoms with Crippen molar-refractivity contribution in [2.24, 2.45) is 11.1 Å². The number of hydrogen-bond donors (Lipinski definition) is 2. The minimum Gasteiger partial charge on any atom is -0.459 e. The number of benzene rings is 2. The predicted octanol–water partition coefficient (Wildman–Crippen LogP) is 2.24. The molecule has 0 fully saturated rings. The van der Waals surface area contributed by atoms with Crippen molar-refractivity contribution in [3.8, 4) is 0 Å². The van der Waals surface area contributed by atoms with Crippen molar-refractivity contribution >= 4 is 35.5 Å². The van der Waals surface area contributed by atoms with Crippen molar-refractivity contribution in [3.05, 3.63) is 60.7 Å². The zero-order chi connectivity index (χ0) is 30.4. The maximum absolute atomic E-state index is 12.5. The molecule has 9 nitrogen and oxygen atoms in total. The van der Waals surface area contributed by atoms with Crippen LogP contribution in [0.2, 0.25) is 0 Å². The largest absolute Gasteiger partial charge is 0.551 e. The van der Waals surface area contributed by atoms with E-state index in [0.29, 0.717) is 26.0 Å². The number of carbonyl (C=O) groups is 1. The van der Waals surface area contributed by atoms with Gasteiger partial charge in [-0.2, -0.15) is 8.42 Å². The van der Waals surface area contributed by atoms with Gasteiger partial charge in [-0.3, -0.25) is 8.98 Å². The Hall–Kier alpha value is -2.12. The highest BCUT2D eigenvalue weighted by atomic mass is 32.2. The van der Waals surface area contributed by atoms with Crippen LogP contribution in [0.1, 0.15) is 47.5 Å². The Morgan fingerprint density at radius 1 is 0.951 bits per heavy atom. The summed E-state index contributed by atoms with van der Waals surface area (Å²) in [5, 5.41) is 5.39. The highest BCUT2D eigenvalue weighted by molar-refractivity contribution is 7.86. The van der Waals surface area contributed by atoms with Crippen LogP contribution in [0.15, 0.2) is 60.7 Å². The number of nitrogens with two attached hydrogens (primary N) is 1. The molecule has 0 amide bonds. The van der Waals surface area contributed by atoms with Crippen molar-refractivity contribution in [1.82, 2.24) is 5.32 Å². The Balaban J connectivity index is 1.76. The Bertz CT molecular complexity index is 1090. The van der Waals surface area contributed by atoms with Crippen molar-refractivity contribution in [1.29, 1.82) is 0 Å². The number of hydrogen-bond acceptors (Lipinski definition) is 9. The third-order valence-electron chi connectivity index (χ3n) is 5.99. The summed E-state index contributed by atoms with van der Waals surface area (Å²) in [6.45, 7) is 10.5. The molecular weight excluding hydrogens is 560 g/mol. The van der Waals surface area contributed by atoms with Crippen molar-refractivity contribution in [3.63, 3.8) is 0 Å². The van der Waals surface area contributed by atoms with E-state index in [1.54, 1.807) is 20.8 Å². The highest BCUT2D eigenvalue weighted by Crippen LogP contribution is 2.22. The van der Waals surface area contributed by atoms with E-state index in [1.807, 2.05) is 50.2 Å². The van der Waals surface area contributed by atoms with Crippen LogP contribution in [0.5, 0.6) is 0 Å². The van der Waals surface area contributed by atoms with Crippen LogP contribution in [0.4, 0.5) is 0 Å². The first kappa shape index (κ1) is 35.1. The Morgan fingerprint density at radius 3 is 2.07 bits per heavy atom. The Morgan fingerprint density at radius 2 is 1.54 bits per heavy atom. The lowest BCUT2D eigenvalue weighted by molar-refractivity contribution is -0.153. The quantitative estimate of drug-likeness (QED) is 0.107. The van der Waals surface area contributed by atoms with E-state index < -0.39 is 30.2 Å². The first-order valence-electron chi connectivity index (χ1n) is 14.0. The van der Waals surface area contributed by atoms with Gasteiger partial charge in [0.25, 0.3) is 10.1 Å². The summed E-state index contributed by atoms with van der Waals surface area (Å²) >= 11 is 0. The fourth-order valence-corrected chi connectivity index (χ4v) is 6.66. The lowest BCUT2D eigenvalue weighted by atomic mass is 9.91. The van der Waals surface area contributed by atoms with Gasteiger partial charge in [-0.1, -0.05) is 50.2 Å². The molecule has 2 aromatic rings. The number of esters is 1. The summed E-state index contributed by atoms with van der Waals surface area (Å²) in [6, 6.07) is 20.2. The molecule has 228 valence electrons. The normalized spacial score (nSPS) is 13.1. The van der Waals surface area contributed by atoms with E-state index in [9.17, 15) is 13.2 Å². The molecule has 3 N–H and O–H groups in total. The number of rotatable bonds is 19. The maximum Gasteiger partial charge on any atom is 0.551 e. The van der Waals surface area contributed by atoms with Gasteiger partial charge < -0.3 is 20.5 Å². The molecule has 0 saturated carbocycles. The van der Waals surface area contributed by atoms with Crippen LogP contribution in [-0.2, 0) is 33.0 Å². The van der Waals surface area contributed by atoms with Crippen LogP contribution < -0.4 is 21.4 Å². The molecule has 0 bridgehead atoms. The van der Waals surface area contributed by atoms with E-state index in [2.05, 4.69) is 29.6 Å². The second-order valence-corrected chi connectivity index (χ2v) is 15.5. The maximum atomic E-state index is 12.5. The molecule has 0 aliphatic heterocycles. The van der Waals surface area contributed by atoms with E-state index in [4.69, 9.17) is 23.8 Å². The van der Waals surface area contributed by atoms with Gasteiger partial charge in [-0.05, 0) is 69.8 Å². The van der Waals surface area contributed by atoms with Gasteiger partial charge >= 0.3 is 15.0 Å². The van der Waals surface area contributed by atoms with Gasteiger partial charge in [0.15, 0.2) is 0 Å². The molecule has 0 radical (unpaired) electrons. The molecule has 11 heteroatoms. The predicted molar refractivity (Wildman–Crippen MR) is 164 cm³/mol. The Kier molecular flexibility index (Phi) is 14.6. The molecule has 41 heavy (non-hydrogen) atoms. The van der Waals surface area contributed by atoms with Gasteiger partial charge in [0.05, 0.1) is 38.7 Å². The fraction of sp³-hybridized carbons (Fsp3) is 0.567. The SMILES string of the molecule is CC(C)(CCO[Si+](c1ccccc1)c1ccccc1)COS(=O)(=O)CCOC[C@H](CCN)NCC(=O)OC(C)(C)C. The van der Waals surface area contributed by atoms with Crippen molar-refractivity contribution in [2.75, 3.05) is 45.3 Å². The zero-order valence-electron chi connectivity index (χ0n) is 25.1. The van der Waals surface area contributed by atoms with Crippen LogP contribution in [-0.4, -0.2) is 80.3 Å². The van der Waals surface area contributed by atoms with Gasteiger partial charge in [0.2, 0.25) is 0 Å². The van der Waals surface area contributed by atoms with E-state index in [0.717, 1.165) is 10.4 Å². The molecule has 0 unspecified atom stereocenters. The van der Waals surface area contributed by atoms with Gasteiger partial charge in [0, 0.05) is 6.04 Å². The summed E-state index contributed by atoms with van der Waals surface area (Å²) in [5.41, 5.74) is 4.69. The molecule has 0 saturated heterocycles. The molecule has 0 spiro atoms. The minimum atomic E-state index is -3.78. The number of nitrogens with one attached hydrogen (secondary N) is 1. The summed E-state index contributed by atoms with van der Waals surface area (Å²) < 4.78 is 47.7. The molecule has 1 atom stereocenters. The molecule has 0 aliphatic carbocycles. The number of ether oxygens (including phenoxy) is 2. The molecule has 0 heterocycles. The standard InChI is InChI=1S/C30H47N2O7SSi/c1-29(2,3)39-28(33)22-32-25(16-18-31)23-36-20-21-40(34,35)37-24-30(4,5)17-19-38-41(26-12-8-6-9-13-26)27-14-10-7-11-15-27/h6-15,25,32H,16-24,31H2,1-5H3/q+1/t25-/m0/s1. The zero-order valence-corrected chi connectivity index (χ0v) is 26.9. The molecule has 0 aliphatic rings.